The smallest absolute Gasteiger partial charge is 0.233 e. The maximum absolute atomic E-state index is 12.0. The Morgan fingerprint density at radius 3 is 2.15 bits per heavy atom. The highest BCUT2D eigenvalue weighted by Gasteiger charge is 2.22. The molecule has 0 heterocycles. The van der Waals surface area contributed by atoms with Crippen LogP contribution in [0, 0.1) is 5.92 Å². The van der Waals surface area contributed by atoms with Crippen LogP contribution in [0.5, 0.6) is 0 Å². The molecule has 0 aromatic rings. The Kier molecular flexibility index (Phi) is 9.29. The summed E-state index contributed by atoms with van der Waals surface area (Å²) >= 11 is 1.37. The van der Waals surface area contributed by atoms with Gasteiger partial charge in [-0.1, -0.05) is 13.8 Å². The molecule has 0 saturated heterocycles. The van der Waals surface area contributed by atoms with Gasteiger partial charge in [-0.3, -0.25) is 14.4 Å². The van der Waals surface area contributed by atoms with Gasteiger partial charge in [0.2, 0.25) is 11.8 Å². The standard InChI is InChI=1S/C14H26N2O3S/c1-9(2)11(17)6-7-20-12(8-13(18)15-5)14(19)16-10(3)4/h9-10,12H,6-8H2,1-5H3,(H,15,18)(H,16,19). The zero-order valence-corrected chi connectivity index (χ0v) is 13.8. The predicted molar refractivity (Wildman–Crippen MR) is 82.7 cm³/mol. The second kappa shape index (κ2) is 9.80. The minimum Gasteiger partial charge on any atom is -0.359 e. The lowest BCUT2D eigenvalue weighted by molar-refractivity contribution is -0.126. The van der Waals surface area contributed by atoms with Gasteiger partial charge >= 0.3 is 0 Å². The second-order valence-electron chi connectivity index (χ2n) is 5.27. The van der Waals surface area contributed by atoms with E-state index < -0.39 is 5.25 Å². The normalized spacial score (nSPS) is 12.3. The van der Waals surface area contributed by atoms with Crippen molar-refractivity contribution in [3.8, 4) is 0 Å². The molecule has 116 valence electrons. The molecule has 5 nitrogen and oxygen atoms in total. The van der Waals surface area contributed by atoms with E-state index in [4.69, 9.17) is 0 Å². The quantitative estimate of drug-likeness (QED) is 0.674. The highest BCUT2D eigenvalue weighted by atomic mass is 32.2. The van der Waals surface area contributed by atoms with Gasteiger partial charge in [0.05, 0.1) is 5.25 Å². The molecule has 0 spiro atoms. The van der Waals surface area contributed by atoms with Gasteiger partial charge in [-0.25, -0.2) is 0 Å². The van der Waals surface area contributed by atoms with Gasteiger partial charge in [-0.05, 0) is 13.8 Å². The summed E-state index contributed by atoms with van der Waals surface area (Å²) in [7, 11) is 1.55. The molecule has 1 unspecified atom stereocenters. The summed E-state index contributed by atoms with van der Waals surface area (Å²) in [6.07, 6.45) is 0.567. The fourth-order valence-electron chi connectivity index (χ4n) is 1.47. The summed E-state index contributed by atoms with van der Waals surface area (Å²) in [5.41, 5.74) is 0. The van der Waals surface area contributed by atoms with Crippen LogP contribution in [-0.2, 0) is 14.4 Å². The molecule has 0 rings (SSSR count). The van der Waals surface area contributed by atoms with Crippen LogP contribution in [-0.4, -0.2) is 41.7 Å². The van der Waals surface area contributed by atoms with Crippen molar-refractivity contribution in [1.82, 2.24) is 10.6 Å². The van der Waals surface area contributed by atoms with Crippen LogP contribution in [0.4, 0.5) is 0 Å². The highest BCUT2D eigenvalue weighted by molar-refractivity contribution is 8.00. The first-order valence-corrected chi connectivity index (χ1v) is 7.98. The van der Waals surface area contributed by atoms with E-state index in [0.717, 1.165) is 0 Å². The van der Waals surface area contributed by atoms with E-state index in [2.05, 4.69) is 10.6 Å². The van der Waals surface area contributed by atoms with Crippen molar-refractivity contribution in [2.24, 2.45) is 5.92 Å². The van der Waals surface area contributed by atoms with Gasteiger partial charge in [0, 0.05) is 37.6 Å². The van der Waals surface area contributed by atoms with Crippen molar-refractivity contribution in [3.63, 3.8) is 0 Å². The summed E-state index contributed by atoms with van der Waals surface area (Å²) in [5.74, 6) is 0.435. The van der Waals surface area contributed by atoms with E-state index in [-0.39, 0.29) is 36.0 Å². The van der Waals surface area contributed by atoms with Crippen molar-refractivity contribution >= 4 is 29.4 Å². The lowest BCUT2D eigenvalue weighted by atomic mass is 10.1. The molecule has 0 aliphatic carbocycles. The van der Waals surface area contributed by atoms with Gasteiger partial charge in [0.25, 0.3) is 0 Å². The zero-order valence-electron chi connectivity index (χ0n) is 13.0. The molecule has 0 aliphatic rings. The Balaban J connectivity index is 4.42. The average molecular weight is 302 g/mol. The molecule has 6 heteroatoms. The summed E-state index contributed by atoms with van der Waals surface area (Å²) in [6, 6.07) is 0.0348. The van der Waals surface area contributed by atoms with Crippen LogP contribution in [0.2, 0.25) is 0 Å². The van der Waals surface area contributed by atoms with E-state index in [1.165, 1.54) is 11.8 Å². The van der Waals surface area contributed by atoms with Crippen LogP contribution in [0.15, 0.2) is 0 Å². The van der Waals surface area contributed by atoms with Crippen LogP contribution >= 0.6 is 11.8 Å². The fraction of sp³-hybridized carbons (Fsp3) is 0.786. The molecule has 1 atom stereocenters. The van der Waals surface area contributed by atoms with Crippen molar-refractivity contribution in [2.75, 3.05) is 12.8 Å². The molecule has 20 heavy (non-hydrogen) atoms. The Morgan fingerprint density at radius 1 is 1.10 bits per heavy atom. The Hall–Kier alpha value is -1.04. The third-order valence-corrected chi connectivity index (χ3v) is 3.91. The largest absolute Gasteiger partial charge is 0.359 e. The van der Waals surface area contributed by atoms with Crippen molar-refractivity contribution in [3.05, 3.63) is 0 Å². The molecule has 2 N–H and O–H groups in total. The first-order valence-electron chi connectivity index (χ1n) is 6.93. The maximum Gasteiger partial charge on any atom is 0.233 e. The number of thioether (sulfide) groups is 1. The molecule has 0 bridgehead atoms. The number of rotatable bonds is 9. The number of hydrogen-bond donors (Lipinski definition) is 2. The summed E-state index contributed by atoms with van der Waals surface area (Å²) < 4.78 is 0. The lowest BCUT2D eigenvalue weighted by Gasteiger charge is -2.17. The lowest BCUT2D eigenvalue weighted by Crippen LogP contribution is -2.39. The van der Waals surface area contributed by atoms with Crippen LogP contribution < -0.4 is 10.6 Å². The van der Waals surface area contributed by atoms with Crippen LogP contribution in [0.1, 0.15) is 40.5 Å². The van der Waals surface area contributed by atoms with Crippen LogP contribution in [0.25, 0.3) is 0 Å². The predicted octanol–water partition coefficient (Wildman–Crippen LogP) is 1.36. The molecule has 0 aromatic carbocycles. The van der Waals surface area contributed by atoms with E-state index in [1.54, 1.807) is 7.05 Å². The van der Waals surface area contributed by atoms with Crippen LogP contribution in [0.3, 0.4) is 0 Å². The van der Waals surface area contributed by atoms with E-state index in [9.17, 15) is 14.4 Å². The van der Waals surface area contributed by atoms with E-state index in [0.29, 0.717) is 12.2 Å². The fourth-order valence-corrected chi connectivity index (χ4v) is 2.56. The molecule has 0 aromatic heterocycles. The average Bonchev–Trinajstić information content (AvgIpc) is 2.35. The molecule has 0 saturated carbocycles. The number of carbonyl (C=O) groups is 3. The summed E-state index contributed by atoms with van der Waals surface area (Å²) in [5, 5.41) is 4.88. The number of carbonyl (C=O) groups excluding carboxylic acids is 3. The van der Waals surface area contributed by atoms with Gasteiger partial charge < -0.3 is 10.6 Å². The molecule has 2 amide bonds. The van der Waals surface area contributed by atoms with Crippen molar-refractivity contribution in [1.29, 1.82) is 0 Å². The Labute approximate surface area is 125 Å². The van der Waals surface area contributed by atoms with Crippen molar-refractivity contribution < 1.29 is 14.4 Å². The van der Waals surface area contributed by atoms with Gasteiger partial charge in [-0.2, -0.15) is 0 Å². The maximum atomic E-state index is 12.0. The van der Waals surface area contributed by atoms with Gasteiger partial charge in [-0.15, -0.1) is 11.8 Å². The molecular formula is C14H26N2O3S. The van der Waals surface area contributed by atoms with Gasteiger partial charge in [0.15, 0.2) is 0 Å². The molecule has 0 fully saturated rings. The minimum absolute atomic E-state index is 0.0116. The van der Waals surface area contributed by atoms with Gasteiger partial charge in [0.1, 0.15) is 5.78 Å². The monoisotopic (exact) mass is 302 g/mol. The Bertz CT molecular complexity index is 343. The third-order valence-electron chi connectivity index (χ3n) is 2.68. The molecular weight excluding hydrogens is 276 g/mol. The summed E-state index contributed by atoms with van der Waals surface area (Å²) in [6.45, 7) is 7.48. The first-order chi connectivity index (χ1) is 9.27. The Morgan fingerprint density at radius 2 is 1.70 bits per heavy atom. The molecule has 0 aliphatic heterocycles. The zero-order chi connectivity index (χ0) is 15.7. The first kappa shape index (κ1) is 19.0. The number of amides is 2. The van der Waals surface area contributed by atoms with E-state index >= 15 is 0 Å². The number of hydrogen-bond acceptors (Lipinski definition) is 4. The van der Waals surface area contributed by atoms with E-state index in [1.807, 2.05) is 27.7 Å². The number of nitrogens with one attached hydrogen (secondary N) is 2. The topological polar surface area (TPSA) is 75.3 Å². The molecule has 0 radical (unpaired) electrons. The number of ketones is 1. The second-order valence-corrected chi connectivity index (χ2v) is 6.58. The number of Topliss-reactive ketones (excluding diaryl/α,β-unsaturated/α-hetero) is 1. The third kappa shape index (κ3) is 8.19. The van der Waals surface area contributed by atoms with Crippen molar-refractivity contribution in [2.45, 2.75) is 51.8 Å². The summed E-state index contributed by atoms with van der Waals surface area (Å²) in [4.78, 5) is 35.0. The highest BCUT2D eigenvalue weighted by Crippen LogP contribution is 2.17. The minimum atomic E-state index is -0.447. The SMILES string of the molecule is CNC(=O)CC(SCCC(=O)C(C)C)C(=O)NC(C)C.